The Labute approximate surface area is 321 Å². The van der Waals surface area contributed by atoms with E-state index in [0.717, 1.165) is 77.0 Å². The Bertz CT molecular complexity index is 1050. The van der Waals surface area contributed by atoms with Crippen LogP contribution in [0.4, 0.5) is 0 Å². The maximum absolute atomic E-state index is 12.5. The van der Waals surface area contributed by atoms with E-state index < -0.39 is 28.0 Å². The van der Waals surface area contributed by atoms with Gasteiger partial charge in [0, 0.05) is 6.42 Å². The van der Waals surface area contributed by atoms with Crippen LogP contribution in [0, 0.1) is 0 Å². The highest BCUT2D eigenvalue weighted by Gasteiger charge is 2.24. The smallest absolute Gasteiger partial charge is 0.267 e. The third-order valence-electron chi connectivity index (χ3n) is 9.45. The van der Waals surface area contributed by atoms with Crippen LogP contribution in [0.2, 0.25) is 0 Å². The number of aliphatic hydroxyl groups is 1. The van der Waals surface area contributed by atoms with Crippen molar-refractivity contribution in [2.75, 3.05) is 5.75 Å². The fraction of sp³-hybridized carbons (Fsp3) is 0.756. The highest BCUT2D eigenvalue weighted by Crippen LogP contribution is 2.14. The van der Waals surface area contributed by atoms with Crippen molar-refractivity contribution in [3.63, 3.8) is 0 Å². The standard InChI is InChI=1S/C45H81NO5S/c1-3-5-7-9-11-13-15-17-19-21-22-23-24-25-27-29-31-33-35-37-39-41-45(48)46-43(42-52(49,50)51)44(47)40-38-36-34-32-30-28-26-20-18-16-14-12-10-8-6-4-2/h5,7,11,13,17,19,22-23,38,40,43-44,47H,3-4,6,8-10,12,14-16,18,20-21,24-37,39,41-42H2,1-2H3,(H,46,48)(H,49,50,51)/b7-5-,13-11-,19-17-,23-22-,40-38+. The molecule has 0 aromatic heterocycles. The molecule has 2 unspecified atom stereocenters. The molecule has 6 nitrogen and oxygen atoms in total. The zero-order valence-electron chi connectivity index (χ0n) is 33.7. The lowest BCUT2D eigenvalue weighted by atomic mass is 10.0. The summed E-state index contributed by atoms with van der Waals surface area (Å²) in [6.45, 7) is 4.41. The fourth-order valence-electron chi connectivity index (χ4n) is 6.26. The van der Waals surface area contributed by atoms with E-state index in [9.17, 15) is 22.9 Å². The monoisotopic (exact) mass is 748 g/mol. The van der Waals surface area contributed by atoms with Gasteiger partial charge < -0.3 is 10.4 Å². The number of allylic oxidation sites excluding steroid dienone is 9. The van der Waals surface area contributed by atoms with Gasteiger partial charge in [-0.2, -0.15) is 8.42 Å². The molecule has 0 spiro atoms. The average molecular weight is 748 g/mol. The van der Waals surface area contributed by atoms with E-state index in [2.05, 4.69) is 67.8 Å². The normalized spacial score (nSPS) is 13.8. The molecule has 0 rings (SSSR count). The van der Waals surface area contributed by atoms with E-state index in [4.69, 9.17) is 0 Å². The molecular weight excluding hydrogens is 667 g/mol. The molecule has 0 radical (unpaired) electrons. The van der Waals surface area contributed by atoms with Crippen LogP contribution in [0.1, 0.15) is 200 Å². The van der Waals surface area contributed by atoms with Gasteiger partial charge in [-0.1, -0.05) is 197 Å². The van der Waals surface area contributed by atoms with Crippen molar-refractivity contribution in [3.05, 3.63) is 60.8 Å². The predicted octanol–water partition coefficient (Wildman–Crippen LogP) is 12.9. The minimum atomic E-state index is -4.35. The third-order valence-corrected chi connectivity index (χ3v) is 10.2. The molecule has 0 aliphatic rings. The zero-order chi connectivity index (χ0) is 38.2. The highest BCUT2D eigenvalue weighted by atomic mass is 32.2. The molecule has 0 aliphatic heterocycles. The summed E-state index contributed by atoms with van der Waals surface area (Å²) in [6.07, 6.45) is 53.4. The molecule has 0 bridgehead atoms. The van der Waals surface area contributed by atoms with Crippen LogP contribution in [-0.2, 0) is 14.9 Å². The Morgan fingerprint density at radius 1 is 0.538 bits per heavy atom. The summed E-state index contributed by atoms with van der Waals surface area (Å²) in [4.78, 5) is 12.5. The Hall–Kier alpha value is -1.96. The molecule has 0 aliphatic carbocycles. The first-order chi connectivity index (χ1) is 25.3. The first-order valence-electron chi connectivity index (χ1n) is 21.5. The van der Waals surface area contributed by atoms with Crippen molar-refractivity contribution in [2.24, 2.45) is 0 Å². The van der Waals surface area contributed by atoms with Crippen molar-refractivity contribution < 1.29 is 22.9 Å². The Morgan fingerprint density at radius 2 is 0.923 bits per heavy atom. The van der Waals surface area contributed by atoms with Gasteiger partial charge in [0.25, 0.3) is 10.1 Å². The number of hydrogen-bond donors (Lipinski definition) is 3. The molecule has 52 heavy (non-hydrogen) atoms. The molecule has 302 valence electrons. The SMILES string of the molecule is CC/C=C\C/C=C\C/C=C\C/C=C\CCCCCCCCCCC(=O)NC(CS(=O)(=O)O)C(O)/C=C/CCCCCCCCCCCCCCCC. The fourth-order valence-corrected chi connectivity index (χ4v) is 7.00. The predicted molar refractivity (Wildman–Crippen MR) is 225 cm³/mol. The van der Waals surface area contributed by atoms with Crippen LogP contribution in [0.15, 0.2) is 60.8 Å². The van der Waals surface area contributed by atoms with Crippen molar-refractivity contribution >= 4 is 16.0 Å². The van der Waals surface area contributed by atoms with E-state index in [0.29, 0.717) is 0 Å². The zero-order valence-corrected chi connectivity index (χ0v) is 34.5. The van der Waals surface area contributed by atoms with E-state index in [1.54, 1.807) is 6.08 Å². The molecule has 0 aromatic rings. The van der Waals surface area contributed by atoms with Gasteiger partial charge in [-0.05, 0) is 57.8 Å². The van der Waals surface area contributed by atoms with Gasteiger partial charge in [-0.15, -0.1) is 0 Å². The summed E-state index contributed by atoms with van der Waals surface area (Å²) < 4.78 is 32.5. The Kier molecular flexibility index (Phi) is 37.3. The summed E-state index contributed by atoms with van der Waals surface area (Å²) in [5.41, 5.74) is 0. The second-order valence-corrected chi connectivity index (χ2v) is 16.1. The quantitative estimate of drug-likeness (QED) is 0.0331. The first-order valence-corrected chi connectivity index (χ1v) is 23.1. The number of carbonyl (C=O) groups is 1. The molecule has 0 saturated carbocycles. The number of amides is 1. The van der Waals surface area contributed by atoms with Gasteiger partial charge in [0.05, 0.1) is 17.9 Å². The highest BCUT2D eigenvalue weighted by molar-refractivity contribution is 7.85. The number of carbonyl (C=O) groups excluding carboxylic acids is 1. The lowest BCUT2D eigenvalue weighted by Crippen LogP contribution is -2.46. The lowest BCUT2D eigenvalue weighted by Gasteiger charge is -2.21. The van der Waals surface area contributed by atoms with Crippen molar-refractivity contribution in [1.82, 2.24) is 5.32 Å². The molecule has 3 N–H and O–H groups in total. The minimum Gasteiger partial charge on any atom is -0.387 e. The van der Waals surface area contributed by atoms with Crippen LogP contribution in [0.3, 0.4) is 0 Å². The minimum absolute atomic E-state index is 0.284. The van der Waals surface area contributed by atoms with Crippen LogP contribution in [-0.4, -0.2) is 41.9 Å². The topological polar surface area (TPSA) is 104 Å². The molecule has 7 heteroatoms. The van der Waals surface area contributed by atoms with E-state index in [-0.39, 0.29) is 12.3 Å². The molecule has 0 heterocycles. The van der Waals surface area contributed by atoms with Crippen molar-refractivity contribution in [2.45, 2.75) is 212 Å². The Morgan fingerprint density at radius 3 is 1.37 bits per heavy atom. The summed E-state index contributed by atoms with van der Waals surface area (Å²) in [6, 6.07) is -1.06. The average Bonchev–Trinajstić information content (AvgIpc) is 3.11. The van der Waals surface area contributed by atoms with E-state index in [1.165, 1.54) is 103 Å². The maximum atomic E-state index is 12.5. The van der Waals surface area contributed by atoms with Gasteiger partial charge in [0.2, 0.25) is 5.91 Å². The largest absolute Gasteiger partial charge is 0.387 e. The lowest BCUT2D eigenvalue weighted by molar-refractivity contribution is -0.122. The van der Waals surface area contributed by atoms with Crippen molar-refractivity contribution in [3.8, 4) is 0 Å². The molecule has 1 amide bonds. The van der Waals surface area contributed by atoms with Crippen LogP contribution >= 0.6 is 0 Å². The summed E-state index contributed by atoms with van der Waals surface area (Å²) >= 11 is 0. The molecule has 0 saturated heterocycles. The molecular formula is C45H81NO5S. The third kappa shape index (κ3) is 39.3. The number of aliphatic hydroxyl groups excluding tert-OH is 1. The van der Waals surface area contributed by atoms with Crippen LogP contribution in [0.5, 0.6) is 0 Å². The summed E-state index contributed by atoms with van der Waals surface area (Å²) in [5, 5.41) is 13.2. The van der Waals surface area contributed by atoms with E-state index >= 15 is 0 Å². The van der Waals surface area contributed by atoms with Gasteiger partial charge >= 0.3 is 0 Å². The van der Waals surface area contributed by atoms with Gasteiger partial charge in [0.15, 0.2) is 0 Å². The maximum Gasteiger partial charge on any atom is 0.267 e. The summed E-state index contributed by atoms with van der Waals surface area (Å²) in [5.74, 6) is -0.991. The first kappa shape index (κ1) is 50.0. The number of nitrogens with one attached hydrogen (secondary N) is 1. The van der Waals surface area contributed by atoms with Gasteiger partial charge in [0.1, 0.15) is 0 Å². The number of rotatable bonds is 38. The molecule has 0 aromatic carbocycles. The van der Waals surface area contributed by atoms with Gasteiger partial charge in [-0.25, -0.2) is 0 Å². The Balaban J connectivity index is 3.92. The van der Waals surface area contributed by atoms with Gasteiger partial charge in [-0.3, -0.25) is 9.35 Å². The van der Waals surface area contributed by atoms with Crippen LogP contribution < -0.4 is 5.32 Å². The molecule has 0 fully saturated rings. The molecule has 2 atom stereocenters. The number of unbranched alkanes of at least 4 members (excludes halogenated alkanes) is 22. The van der Waals surface area contributed by atoms with E-state index in [1.807, 2.05) is 6.08 Å². The number of hydrogen-bond acceptors (Lipinski definition) is 4. The summed E-state index contributed by atoms with van der Waals surface area (Å²) in [7, 11) is -4.35. The second kappa shape index (κ2) is 38.8. The van der Waals surface area contributed by atoms with Crippen molar-refractivity contribution in [1.29, 1.82) is 0 Å². The van der Waals surface area contributed by atoms with Crippen LogP contribution in [0.25, 0.3) is 0 Å². The second-order valence-electron chi connectivity index (χ2n) is 14.6.